The monoisotopic (exact) mass is 1160 g/mol. The molecule has 0 saturated heterocycles. The fraction of sp³-hybridized carbons (Fsp3) is 0.182. The quantitative estimate of drug-likeness (QED) is 0.0705. The molecule has 0 aliphatic heterocycles. The second-order valence-electron chi connectivity index (χ2n) is 25.5. The topological polar surface area (TPSA) is 12.5 Å². The molecule has 12 aromatic rings. The van der Waals surface area contributed by atoms with Crippen molar-refractivity contribution in [2.24, 2.45) is 0 Å². The van der Waals surface area contributed by atoms with Gasteiger partial charge < -0.3 is 9.64 Å². The largest absolute Gasteiger partial charge is 0.457 e. The van der Waals surface area contributed by atoms with E-state index in [1.54, 1.807) is 0 Å². The van der Waals surface area contributed by atoms with E-state index in [-0.39, 0.29) is 0 Å². The molecule has 90 heavy (non-hydrogen) atoms. The highest BCUT2D eigenvalue weighted by atomic mass is 16.5. The fourth-order valence-electron chi connectivity index (χ4n) is 15.7. The van der Waals surface area contributed by atoms with E-state index in [0.29, 0.717) is 11.8 Å². The number of unbranched alkanes of at least 4 members (excludes halogenated alkanes) is 3. The second kappa shape index (κ2) is 24.3. The smallest absolute Gasteiger partial charge is 0.127 e. The van der Waals surface area contributed by atoms with Gasteiger partial charge in [-0.15, -0.1) is 0 Å². The summed E-state index contributed by atoms with van der Waals surface area (Å²) in [6.07, 6.45) is 10.7. The van der Waals surface area contributed by atoms with E-state index in [1.807, 2.05) is 0 Å². The Kier molecular flexibility index (Phi) is 15.3. The van der Waals surface area contributed by atoms with E-state index in [2.05, 4.69) is 317 Å². The lowest BCUT2D eigenvalue weighted by Gasteiger charge is -2.36. The van der Waals surface area contributed by atoms with E-state index in [0.717, 1.165) is 47.8 Å². The van der Waals surface area contributed by atoms with Crippen LogP contribution in [0.3, 0.4) is 0 Å². The summed E-state index contributed by atoms with van der Waals surface area (Å²) in [7, 11) is 0. The molecule has 0 bridgehead atoms. The maximum atomic E-state index is 6.78. The molecule has 0 fully saturated rings. The summed E-state index contributed by atoms with van der Waals surface area (Å²) in [5.74, 6) is 2.52. The molecule has 0 spiro atoms. The third-order valence-corrected chi connectivity index (χ3v) is 20.4. The molecule has 0 aromatic heterocycles. The molecule has 0 saturated carbocycles. The van der Waals surface area contributed by atoms with Crippen molar-refractivity contribution in [1.82, 2.24) is 0 Å². The van der Waals surface area contributed by atoms with Crippen LogP contribution in [0.1, 0.15) is 143 Å². The van der Waals surface area contributed by atoms with Crippen LogP contribution >= 0.6 is 0 Å². The van der Waals surface area contributed by atoms with Crippen LogP contribution in [-0.2, 0) is 30.1 Å². The van der Waals surface area contributed by atoms with Gasteiger partial charge in [0.15, 0.2) is 0 Å². The number of hydrogen-bond acceptors (Lipinski definition) is 2. The first-order valence-electron chi connectivity index (χ1n) is 33.1. The van der Waals surface area contributed by atoms with Crippen LogP contribution < -0.4 is 9.64 Å². The predicted molar refractivity (Wildman–Crippen MR) is 375 cm³/mol. The van der Waals surface area contributed by atoms with Gasteiger partial charge in [-0.1, -0.05) is 271 Å². The molecule has 0 N–H and O–H groups in total. The van der Waals surface area contributed by atoms with E-state index in [9.17, 15) is 0 Å². The Balaban J connectivity index is 0.789. The number of rotatable bonds is 20. The van der Waals surface area contributed by atoms with Crippen molar-refractivity contribution in [2.45, 2.75) is 101 Å². The predicted octanol–water partition coefficient (Wildman–Crippen LogP) is 23.3. The maximum Gasteiger partial charge on any atom is 0.127 e. The Hall–Kier alpha value is -9.76. The molecule has 2 nitrogen and oxygen atoms in total. The van der Waals surface area contributed by atoms with Gasteiger partial charge in [0.05, 0.1) is 10.8 Å². The highest BCUT2D eigenvalue weighted by molar-refractivity contribution is 5.92. The van der Waals surface area contributed by atoms with Crippen LogP contribution in [0.15, 0.2) is 291 Å². The van der Waals surface area contributed by atoms with Crippen LogP contribution in [0, 0.1) is 0 Å². The first kappa shape index (κ1) is 56.7. The molecule has 3 unspecified atom stereocenters. The lowest BCUT2D eigenvalue weighted by atomic mass is 9.67. The van der Waals surface area contributed by atoms with Crippen molar-refractivity contribution in [3.63, 3.8) is 0 Å². The SMILES string of the molecule is CCCCCCc1ccc(C2(c3ccc(Oc4ccc(C(C)CC(CC)c5ccc(-c6ccc7c(c6)CC7)cc5)cc4)cc3)c3ccccc3-c3ccc(N(c4ccccc4)c4ccc5c(c4)C(c4ccccc4)(c4ccccc4)c4ccccc4-5)cc32)cc1. The lowest BCUT2D eigenvalue weighted by molar-refractivity contribution is 0.481. The van der Waals surface area contributed by atoms with E-state index in [4.69, 9.17) is 4.74 Å². The molecule has 3 atom stereocenters. The third-order valence-electron chi connectivity index (χ3n) is 20.4. The average Bonchev–Trinajstić information content (AvgIpc) is 1.53. The Bertz CT molecular complexity index is 4450. The first-order chi connectivity index (χ1) is 44.4. The number of aryl methyl sites for hydroxylation is 3. The van der Waals surface area contributed by atoms with Crippen LogP contribution in [0.25, 0.3) is 33.4 Å². The summed E-state index contributed by atoms with van der Waals surface area (Å²) in [4.78, 5) is 2.48. The molecular weight excluding hydrogens is 1090 g/mol. The highest BCUT2D eigenvalue weighted by Gasteiger charge is 2.48. The van der Waals surface area contributed by atoms with Gasteiger partial charge in [-0.2, -0.15) is 0 Å². The van der Waals surface area contributed by atoms with Crippen LogP contribution in [0.2, 0.25) is 0 Å². The van der Waals surface area contributed by atoms with Crippen LogP contribution in [0.4, 0.5) is 17.1 Å². The van der Waals surface area contributed by atoms with Crippen molar-refractivity contribution in [3.8, 4) is 44.9 Å². The second-order valence-corrected chi connectivity index (χ2v) is 25.5. The Morgan fingerprint density at radius 1 is 0.378 bits per heavy atom. The van der Waals surface area contributed by atoms with Crippen molar-refractivity contribution in [1.29, 1.82) is 0 Å². The number of para-hydroxylation sites is 1. The summed E-state index contributed by atoms with van der Waals surface area (Å²) in [6, 6.07) is 110. The normalized spacial score (nSPS) is 15.3. The number of hydrogen-bond donors (Lipinski definition) is 0. The summed E-state index contributed by atoms with van der Waals surface area (Å²) in [6.45, 7) is 6.99. The molecule has 12 aromatic carbocycles. The van der Waals surface area contributed by atoms with E-state index < -0.39 is 10.8 Å². The van der Waals surface area contributed by atoms with Crippen LogP contribution in [0.5, 0.6) is 11.5 Å². The Labute approximate surface area is 533 Å². The van der Waals surface area contributed by atoms with Gasteiger partial charge in [0.25, 0.3) is 0 Å². The molecule has 3 aliphatic carbocycles. The van der Waals surface area contributed by atoms with Crippen molar-refractivity contribution >= 4 is 17.1 Å². The minimum absolute atomic E-state index is 0.393. The summed E-state index contributed by atoms with van der Waals surface area (Å²) >= 11 is 0. The number of benzene rings is 12. The van der Waals surface area contributed by atoms with Gasteiger partial charge in [0, 0.05) is 17.1 Å². The van der Waals surface area contributed by atoms with Crippen molar-refractivity contribution in [3.05, 3.63) is 364 Å². The molecule has 0 heterocycles. The Morgan fingerprint density at radius 2 is 0.856 bits per heavy atom. The third kappa shape index (κ3) is 9.98. The van der Waals surface area contributed by atoms with Gasteiger partial charge >= 0.3 is 0 Å². The minimum atomic E-state index is -0.655. The van der Waals surface area contributed by atoms with Gasteiger partial charge in [0.1, 0.15) is 11.5 Å². The molecule has 0 amide bonds. The maximum absolute atomic E-state index is 6.78. The number of fused-ring (bicyclic) bond motifs is 7. The zero-order valence-corrected chi connectivity index (χ0v) is 52.1. The number of nitrogens with zero attached hydrogens (tertiary/aromatic N) is 1. The lowest BCUT2D eigenvalue weighted by Crippen LogP contribution is -2.29. The summed E-state index contributed by atoms with van der Waals surface area (Å²) in [5.41, 5.74) is 27.0. The highest BCUT2D eigenvalue weighted by Crippen LogP contribution is 2.60. The van der Waals surface area contributed by atoms with E-state index in [1.165, 1.54) is 144 Å². The van der Waals surface area contributed by atoms with Gasteiger partial charge in [-0.25, -0.2) is 0 Å². The summed E-state index contributed by atoms with van der Waals surface area (Å²) in [5, 5.41) is 0. The fourth-order valence-corrected chi connectivity index (χ4v) is 15.7. The molecular formula is C88H77NO. The number of ether oxygens (including phenoxy) is 1. The van der Waals surface area contributed by atoms with Gasteiger partial charge in [-0.3, -0.25) is 0 Å². The van der Waals surface area contributed by atoms with E-state index >= 15 is 0 Å². The van der Waals surface area contributed by atoms with Crippen molar-refractivity contribution < 1.29 is 4.74 Å². The van der Waals surface area contributed by atoms with Gasteiger partial charge in [-0.05, 0) is 217 Å². The van der Waals surface area contributed by atoms with Crippen molar-refractivity contribution in [2.75, 3.05) is 4.90 Å². The average molecular weight is 1160 g/mol. The molecule has 2 heteroatoms. The zero-order valence-electron chi connectivity index (χ0n) is 52.1. The van der Waals surface area contributed by atoms with Crippen LogP contribution in [-0.4, -0.2) is 0 Å². The standard InChI is InChI=1S/C88H77NO/c1-4-6-7-11-22-62-33-45-72(46-34-62)88(73-47-53-78(54-48-73)90-77-51-43-64(44-52-77)61(3)57-63(5-2)65-35-37-66(38-36-65)68-41-39-67-40-42-69(67)58-68)84-32-21-19-30-80(84)82-56-50-76(60-86(82)88)89(74-27-16-10-17-28-74)75-49-55-81-79-29-18-20-31-83(79)87(85(81)59-75,70-23-12-8-13-24-70)71-25-14-9-15-26-71/h8-10,12-21,23-39,41,43-56,58-61,63H,4-7,11,22,40,42,57H2,1-3H3. The molecule has 15 rings (SSSR count). The molecule has 0 radical (unpaired) electrons. The Morgan fingerprint density at radius 3 is 1.39 bits per heavy atom. The van der Waals surface area contributed by atoms with Gasteiger partial charge in [0.2, 0.25) is 0 Å². The minimum Gasteiger partial charge on any atom is -0.457 e. The zero-order chi connectivity index (χ0) is 60.6. The molecule has 440 valence electrons. The summed E-state index contributed by atoms with van der Waals surface area (Å²) < 4.78 is 6.78. The molecule has 3 aliphatic rings. The first-order valence-corrected chi connectivity index (χ1v) is 33.1. The number of anilines is 3.